The normalized spacial score (nSPS) is 16.8. The van der Waals surface area contributed by atoms with Gasteiger partial charge in [0.25, 0.3) is 5.91 Å². The van der Waals surface area contributed by atoms with Crippen LogP contribution >= 0.6 is 0 Å². The molecule has 2 rings (SSSR count). The molecule has 0 atom stereocenters. The van der Waals surface area contributed by atoms with E-state index >= 15 is 0 Å². The number of nitrogens with zero attached hydrogens (tertiary/aromatic N) is 2. The largest absolute Gasteiger partial charge is 0.337 e. The molecule has 0 aromatic heterocycles. The Bertz CT molecular complexity index is 461. The third kappa shape index (κ3) is 4.55. The monoisotopic (exact) mass is 289 g/mol. The summed E-state index contributed by atoms with van der Waals surface area (Å²) in [6.07, 6.45) is 3.30. The average molecular weight is 289 g/mol. The Morgan fingerprint density at radius 2 is 1.95 bits per heavy atom. The number of aryl methyl sites for hydroxylation is 1. The summed E-state index contributed by atoms with van der Waals surface area (Å²) in [6, 6.07) is 7.86. The molecule has 1 heterocycles. The van der Waals surface area contributed by atoms with Crippen LogP contribution in [0.15, 0.2) is 24.3 Å². The molecule has 4 heteroatoms. The Labute approximate surface area is 127 Å². The molecule has 4 nitrogen and oxygen atoms in total. The van der Waals surface area contributed by atoms with E-state index in [-0.39, 0.29) is 5.91 Å². The van der Waals surface area contributed by atoms with Gasteiger partial charge in [-0.2, -0.15) is 0 Å². The highest BCUT2D eigenvalue weighted by Gasteiger charge is 2.20. The highest BCUT2D eigenvalue weighted by Crippen LogP contribution is 2.13. The predicted octanol–water partition coefficient (Wildman–Crippen LogP) is 1.88. The minimum absolute atomic E-state index is 0.178. The van der Waals surface area contributed by atoms with Crippen LogP contribution in [0.25, 0.3) is 0 Å². The van der Waals surface area contributed by atoms with Crippen molar-refractivity contribution >= 4 is 5.91 Å². The number of hydrogen-bond donors (Lipinski definition) is 1. The first-order valence-electron chi connectivity index (χ1n) is 7.99. The zero-order valence-corrected chi connectivity index (χ0v) is 13.1. The zero-order chi connectivity index (χ0) is 15.1. The molecule has 0 spiro atoms. The Morgan fingerprint density at radius 1 is 1.14 bits per heavy atom. The van der Waals surface area contributed by atoms with Crippen LogP contribution < -0.4 is 5.73 Å². The summed E-state index contributed by atoms with van der Waals surface area (Å²) in [5.41, 5.74) is 7.45. The molecule has 1 aromatic carbocycles. The van der Waals surface area contributed by atoms with Crippen LogP contribution in [-0.2, 0) is 0 Å². The molecule has 1 saturated heterocycles. The molecule has 0 radical (unpaired) electrons. The van der Waals surface area contributed by atoms with Crippen molar-refractivity contribution in [2.24, 2.45) is 5.73 Å². The predicted molar refractivity (Wildman–Crippen MR) is 86.4 cm³/mol. The van der Waals surface area contributed by atoms with Gasteiger partial charge in [0.15, 0.2) is 0 Å². The molecule has 0 bridgehead atoms. The third-order valence-corrected chi connectivity index (χ3v) is 4.18. The first-order chi connectivity index (χ1) is 10.2. The molecule has 116 valence electrons. The maximum atomic E-state index is 12.6. The molecule has 0 unspecified atom stereocenters. The Kier molecular flexibility index (Phi) is 6.21. The first kappa shape index (κ1) is 16.0. The van der Waals surface area contributed by atoms with Crippen LogP contribution in [0.4, 0.5) is 0 Å². The third-order valence-electron chi connectivity index (χ3n) is 4.18. The lowest BCUT2D eigenvalue weighted by Gasteiger charge is -2.22. The minimum Gasteiger partial charge on any atom is -0.337 e. The Morgan fingerprint density at radius 3 is 2.71 bits per heavy atom. The lowest BCUT2D eigenvalue weighted by Crippen LogP contribution is -2.35. The highest BCUT2D eigenvalue weighted by atomic mass is 16.2. The van der Waals surface area contributed by atoms with Crippen molar-refractivity contribution in [2.75, 3.05) is 39.3 Å². The molecule has 1 aliphatic heterocycles. The number of rotatable bonds is 5. The van der Waals surface area contributed by atoms with Crippen LogP contribution in [0.5, 0.6) is 0 Å². The van der Waals surface area contributed by atoms with Crippen molar-refractivity contribution in [3.05, 3.63) is 35.4 Å². The maximum Gasteiger partial charge on any atom is 0.254 e. The number of unbranched alkanes of at least 4 members (excludes halogenated alkanes) is 1. The van der Waals surface area contributed by atoms with Gasteiger partial charge in [0.1, 0.15) is 0 Å². The standard InChI is InChI=1S/C17H27N3O/c1-15-7-2-3-8-16(15)17(21)20-12-6-11-19(13-14-20)10-5-4-9-18/h2-3,7-8H,4-6,9-14,18H2,1H3. The van der Waals surface area contributed by atoms with Crippen molar-refractivity contribution in [3.63, 3.8) is 0 Å². The average Bonchev–Trinajstić information content (AvgIpc) is 2.73. The van der Waals surface area contributed by atoms with Crippen molar-refractivity contribution in [1.29, 1.82) is 0 Å². The topological polar surface area (TPSA) is 49.6 Å². The van der Waals surface area contributed by atoms with Gasteiger partial charge in [-0.05, 0) is 57.5 Å². The summed E-state index contributed by atoms with van der Waals surface area (Å²) in [4.78, 5) is 17.1. The van der Waals surface area contributed by atoms with Gasteiger partial charge in [-0.15, -0.1) is 0 Å². The van der Waals surface area contributed by atoms with E-state index in [0.717, 1.165) is 69.7 Å². The van der Waals surface area contributed by atoms with E-state index in [0.29, 0.717) is 0 Å². The first-order valence-corrected chi connectivity index (χ1v) is 7.99. The van der Waals surface area contributed by atoms with Gasteiger partial charge in [0.2, 0.25) is 0 Å². The molecule has 2 N–H and O–H groups in total. The van der Waals surface area contributed by atoms with Crippen LogP contribution in [0.1, 0.15) is 35.2 Å². The zero-order valence-electron chi connectivity index (χ0n) is 13.1. The summed E-state index contributed by atoms with van der Waals surface area (Å²) in [5, 5.41) is 0. The van der Waals surface area contributed by atoms with Gasteiger partial charge < -0.3 is 15.5 Å². The van der Waals surface area contributed by atoms with Gasteiger partial charge in [0.05, 0.1) is 0 Å². The van der Waals surface area contributed by atoms with Crippen molar-refractivity contribution in [2.45, 2.75) is 26.2 Å². The van der Waals surface area contributed by atoms with E-state index in [2.05, 4.69) is 4.90 Å². The van der Waals surface area contributed by atoms with Crippen LogP contribution in [0.3, 0.4) is 0 Å². The second kappa shape index (κ2) is 8.15. The number of nitrogens with two attached hydrogens (primary N) is 1. The number of carbonyl (C=O) groups excluding carboxylic acids is 1. The fourth-order valence-corrected chi connectivity index (χ4v) is 2.86. The molecule has 21 heavy (non-hydrogen) atoms. The van der Waals surface area contributed by atoms with Crippen molar-refractivity contribution in [3.8, 4) is 0 Å². The SMILES string of the molecule is Cc1ccccc1C(=O)N1CCCN(CCCCN)CC1. The summed E-state index contributed by atoms with van der Waals surface area (Å²) < 4.78 is 0. The quantitative estimate of drug-likeness (QED) is 0.842. The van der Waals surface area contributed by atoms with Crippen LogP contribution in [-0.4, -0.2) is 55.0 Å². The molecule has 1 amide bonds. The Hall–Kier alpha value is -1.39. The fraction of sp³-hybridized carbons (Fsp3) is 0.588. The van der Waals surface area contributed by atoms with E-state index in [9.17, 15) is 4.79 Å². The molecular weight excluding hydrogens is 262 g/mol. The van der Waals surface area contributed by atoms with Crippen LogP contribution in [0, 0.1) is 6.92 Å². The Balaban J connectivity index is 1.90. The van der Waals surface area contributed by atoms with E-state index in [4.69, 9.17) is 5.73 Å². The van der Waals surface area contributed by atoms with Crippen LogP contribution in [0.2, 0.25) is 0 Å². The molecule has 0 aliphatic carbocycles. The van der Waals surface area contributed by atoms with E-state index in [1.165, 1.54) is 0 Å². The lowest BCUT2D eigenvalue weighted by atomic mass is 10.1. The number of carbonyl (C=O) groups is 1. The van der Waals surface area contributed by atoms with Gasteiger partial charge >= 0.3 is 0 Å². The van der Waals surface area contributed by atoms with Crippen molar-refractivity contribution in [1.82, 2.24) is 9.80 Å². The number of benzene rings is 1. The summed E-state index contributed by atoms with van der Waals surface area (Å²) in [7, 11) is 0. The number of amides is 1. The van der Waals surface area contributed by atoms with Gasteiger partial charge in [0, 0.05) is 25.2 Å². The summed E-state index contributed by atoms with van der Waals surface area (Å²) >= 11 is 0. The van der Waals surface area contributed by atoms with Gasteiger partial charge in [-0.1, -0.05) is 18.2 Å². The summed E-state index contributed by atoms with van der Waals surface area (Å²) in [5.74, 6) is 0.178. The fourth-order valence-electron chi connectivity index (χ4n) is 2.86. The van der Waals surface area contributed by atoms with E-state index < -0.39 is 0 Å². The highest BCUT2D eigenvalue weighted by molar-refractivity contribution is 5.95. The van der Waals surface area contributed by atoms with Crippen molar-refractivity contribution < 1.29 is 4.79 Å². The van der Waals surface area contributed by atoms with Gasteiger partial charge in [-0.3, -0.25) is 4.79 Å². The second-order valence-electron chi connectivity index (χ2n) is 5.80. The van der Waals surface area contributed by atoms with E-state index in [1.807, 2.05) is 36.1 Å². The molecule has 1 aromatic rings. The second-order valence-corrected chi connectivity index (χ2v) is 5.80. The molecule has 0 saturated carbocycles. The van der Waals surface area contributed by atoms with Gasteiger partial charge in [-0.25, -0.2) is 0 Å². The minimum atomic E-state index is 0.178. The number of hydrogen-bond acceptors (Lipinski definition) is 3. The molecule has 1 aliphatic rings. The molecule has 1 fully saturated rings. The lowest BCUT2D eigenvalue weighted by molar-refractivity contribution is 0.0760. The van der Waals surface area contributed by atoms with E-state index in [1.54, 1.807) is 0 Å². The smallest absolute Gasteiger partial charge is 0.254 e. The maximum absolute atomic E-state index is 12.6. The summed E-state index contributed by atoms with van der Waals surface area (Å²) in [6.45, 7) is 7.63. The molecular formula is C17H27N3O.